The molecule has 0 aliphatic rings. The van der Waals surface area contributed by atoms with E-state index in [1.54, 1.807) is 17.5 Å². The van der Waals surface area contributed by atoms with Crippen molar-refractivity contribution in [1.82, 2.24) is 4.98 Å². The molecule has 0 bridgehead atoms. The summed E-state index contributed by atoms with van der Waals surface area (Å²) in [7, 11) is 0. The quantitative estimate of drug-likeness (QED) is 0.814. The monoisotopic (exact) mass is 228 g/mol. The average Bonchev–Trinajstić information content (AvgIpc) is 2.51. The van der Waals surface area contributed by atoms with Crippen LogP contribution >= 0.6 is 22.9 Å². The van der Waals surface area contributed by atoms with Gasteiger partial charge in [0.05, 0.1) is 0 Å². The highest BCUT2D eigenvalue weighted by Gasteiger charge is 2.08. The van der Waals surface area contributed by atoms with E-state index in [-0.39, 0.29) is 5.82 Å². The summed E-state index contributed by atoms with van der Waals surface area (Å²) in [5.74, 6) is 0.0196. The third-order valence-corrected chi connectivity index (χ3v) is 2.81. The van der Waals surface area contributed by atoms with E-state index in [9.17, 15) is 4.39 Å². The van der Waals surface area contributed by atoms with Gasteiger partial charge in [-0.1, -0.05) is 11.6 Å². The van der Waals surface area contributed by atoms with E-state index in [2.05, 4.69) is 4.98 Å². The first kappa shape index (κ1) is 9.43. The molecule has 14 heavy (non-hydrogen) atoms. The zero-order chi connectivity index (χ0) is 10.1. The number of hydrogen-bond donors (Lipinski definition) is 1. The molecule has 1 aromatic heterocycles. The fourth-order valence-corrected chi connectivity index (χ4v) is 1.97. The Kier molecular flexibility index (Phi) is 2.39. The van der Waals surface area contributed by atoms with Crippen LogP contribution in [0.15, 0.2) is 23.6 Å². The largest absolute Gasteiger partial charge is 0.383 e. The molecule has 0 fully saturated rings. The van der Waals surface area contributed by atoms with Gasteiger partial charge < -0.3 is 5.73 Å². The molecule has 0 atom stereocenters. The maximum Gasteiger partial charge on any atom is 0.135 e. The fraction of sp³-hybridized carbons (Fsp3) is 0. The van der Waals surface area contributed by atoms with Crippen LogP contribution in [0.5, 0.6) is 0 Å². The van der Waals surface area contributed by atoms with Crippen LogP contribution in [-0.4, -0.2) is 4.98 Å². The Morgan fingerprint density at radius 3 is 2.79 bits per heavy atom. The van der Waals surface area contributed by atoms with E-state index in [0.29, 0.717) is 21.4 Å². The lowest BCUT2D eigenvalue weighted by Crippen LogP contribution is -1.86. The molecule has 0 spiro atoms. The van der Waals surface area contributed by atoms with E-state index >= 15 is 0 Å². The Hall–Kier alpha value is -1.13. The Balaban J connectivity index is 2.52. The van der Waals surface area contributed by atoms with Crippen LogP contribution in [0.4, 0.5) is 10.2 Å². The maximum absolute atomic E-state index is 13.4. The van der Waals surface area contributed by atoms with Gasteiger partial charge in [-0.15, -0.1) is 11.3 Å². The summed E-state index contributed by atoms with van der Waals surface area (Å²) in [4.78, 5) is 3.98. The third-order valence-electron chi connectivity index (χ3n) is 1.68. The molecule has 72 valence electrons. The number of halogens is 2. The standard InChI is InChI=1S/C9H6ClFN2S/c10-5-1-2-6(7(11)3-5)9-13-8(12)4-14-9/h1-4H,12H2. The van der Waals surface area contributed by atoms with Crippen molar-refractivity contribution in [3.63, 3.8) is 0 Å². The normalized spacial score (nSPS) is 10.4. The van der Waals surface area contributed by atoms with Gasteiger partial charge in [0.2, 0.25) is 0 Å². The van der Waals surface area contributed by atoms with Gasteiger partial charge in [-0.3, -0.25) is 0 Å². The molecule has 2 rings (SSSR count). The molecule has 0 amide bonds. The van der Waals surface area contributed by atoms with Crippen LogP contribution in [0, 0.1) is 5.82 Å². The molecule has 0 aliphatic carbocycles. The molecular formula is C9H6ClFN2S. The number of aromatic nitrogens is 1. The smallest absolute Gasteiger partial charge is 0.135 e. The second-order valence-electron chi connectivity index (χ2n) is 2.70. The highest BCUT2D eigenvalue weighted by Crippen LogP contribution is 2.28. The second-order valence-corrected chi connectivity index (χ2v) is 4.00. The molecule has 5 heteroatoms. The summed E-state index contributed by atoms with van der Waals surface area (Å²) >= 11 is 6.93. The molecule has 1 aromatic carbocycles. The van der Waals surface area contributed by atoms with Crippen molar-refractivity contribution < 1.29 is 4.39 Å². The lowest BCUT2D eigenvalue weighted by atomic mass is 10.2. The summed E-state index contributed by atoms with van der Waals surface area (Å²) in [5, 5.41) is 2.61. The lowest BCUT2D eigenvalue weighted by Gasteiger charge is -1.98. The number of hydrogen-bond acceptors (Lipinski definition) is 3. The van der Waals surface area contributed by atoms with E-state index < -0.39 is 0 Å². The zero-order valence-electron chi connectivity index (χ0n) is 7.00. The van der Waals surface area contributed by atoms with Crippen molar-refractivity contribution in [2.75, 3.05) is 5.73 Å². The summed E-state index contributed by atoms with van der Waals surface area (Å²) in [6.45, 7) is 0. The molecule has 2 nitrogen and oxygen atoms in total. The van der Waals surface area contributed by atoms with E-state index in [1.165, 1.54) is 17.4 Å². The summed E-state index contributed by atoms with van der Waals surface area (Å²) in [6.07, 6.45) is 0. The minimum Gasteiger partial charge on any atom is -0.383 e. The van der Waals surface area contributed by atoms with Gasteiger partial charge in [-0.05, 0) is 18.2 Å². The van der Waals surface area contributed by atoms with Crippen LogP contribution in [-0.2, 0) is 0 Å². The highest BCUT2D eigenvalue weighted by atomic mass is 35.5. The van der Waals surface area contributed by atoms with Gasteiger partial charge in [-0.25, -0.2) is 9.37 Å². The van der Waals surface area contributed by atoms with E-state index in [1.807, 2.05) is 0 Å². The van der Waals surface area contributed by atoms with Crippen LogP contribution in [0.2, 0.25) is 5.02 Å². The fourth-order valence-electron chi connectivity index (χ4n) is 1.07. The van der Waals surface area contributed by atoms with Gasteiger partial charge in [0.15, 0.2) is 0 Å². The SMILES string of the molecule is Nc1csc(-c2ccc(Cl)cc2F)n1. The Labute approximate surface area is 89.2 Å². The first-order valence-corrected chi connectivity index (χ1v) is 5.09. The topological polar surface area (TPSA) is 38.9 Å². The number of nitrogens with zero attached hydrogens (tertiary/aromatic N) is 1. The molecule has 1 heterocycles. The molecule has 0 saturated carbocycles. The van der Waals surface area contributed by atoms with Crippen molar-refractivity contribution in [3.8, 4) is 10.6 Å². The number of anilines is 1. The van der Waals surface area contributed by atoms with Crippen LogP contribution < -0.4 is 5.73 Å². The molecule has 0 radical (unpaired) electrons. The third kappa shape index (κ3) is 1.71. The van der Waals surface area contributed by atoms with Crippen LogP contribution in [0.1, 0.15) is 0 Å². The molecule has 0 unspecified atom stereocenters. The zero-order valence-corrected chi connectivity index (χ0v) is 8.57. The van der Waals surface area contributed by atoms with Crippen molar-refractivity contribution in [3.05, 3.63) is 34.4 Å². The Bertz CT molecular complexity index is 470. The number of benzene rings is 1. The average molecular weight is 229 g/mol. The number of nitrogens with two attached hydrogens (primary N) is 1. The molecular weight excluding hydrogens is 223 g/mol. The summed E-state index contributed by atoms with van der Waals surface area (Å²) in [6, 6.07) is 4.47. The van der Waals surface area contributed by atoms with Crippen LogP contribution in [0.25, 0.3) is 10.6 Å². The first-order valence-electron chi connectivity index (χ1n) is 3.83. The molecule has 0 aliphatic heterocycles. The van der Waals surface area contributed by atoms with Crippen molar-refractivity contribution in [2.45, 2.75) is 0 Å². The van der Waals surface area contributed by atoms with Gasteiger partial charge >= 0.3 is 0 Å². The number of nitrogen functional groups attached to an aromatic ring is 1. The van der Waals surface area contributed by atoms with Gasteiger partial charge in [-0.2, -0.15) is 0 Å². The summed E-state index contributed by atoms with van der Waals surface area (Å²) < 4.78 is 13.4. The Morgan fingerprint density at radius 2 is 2.21 bits per heavy atom. The van der Waals surface area contributed by atoms with E-state index in [0.717, 1.165) is 0 Å². The highest BCUT2D eigenvalue weighted by molar-refractivity contribution is 7.13. The summed E-state index contributed by atoms with van der Waals surface area (Å²) in [5.41, 5.74) is 5.87. The van der Waals surface area contributed by atoms with Crippen molar-refractivity contribution in [1.29, 1.82) is 0 Å². The van der Waals surface area contributed by atoms with Crippen molar-refractivity contribution in [2.24, 2.45) is 0 Å². The van der Waals surface area contributed by atoms with Gasteiger partial charge in [0, 0.05) is 16.0 Å². The first-order chi connectivity index (χ1) is 6.66. The van der Waals surface area contributed by atoms with Crippen molar-refractivity contribution >= 4 is 28.8 Å². The minimum absolute atomic E-state index is 0.371. The van der Waals surface area contributed by atoms with Gasteiger partial charge in [0.25, 0.3) is 0 Å². The minimum atomic E-state index is -0.383. The maximum atomic E-state index is 13.4. The second kappa shape index (κ2) is 3.55. The molecule has 2 N–H and O–H groups in total. The predicted molar refractivity (Wildman–Crippen MR) is 56.9 cm³/mol. The molecule has 2 aromatic rings. The number of rotatable bonds is 1. The van der Waals surface area contributed by atoms with Gasteiger partial charge in [0.1, 0.15) is 16.6 Å². The predicted octanol–water partition coefficient (Wildman–Crippen LogP) is 3.18. The Morgan fingerprint density at radius 1 is 1.43 bits per heavy atom. The van der Waals surface area contributed by atoms with Crippen LogP contribution in [0.3, 0.4) is 0 Å². The lowest BCUT2D eigenvalue weighted by molar-refractivity contribution is 0.631. The molecule has 0 saturated heterocycles. The number of thiazole rings is 1. The van der Waals surface area contributed by atoms with E-state index in [4.69, 9.17) is 17.3 Å².